The third kappa shape index (κ3) is 4.63. The van der Waals surface area contributed by atoms with Crippen molar-refractivity contribution < 1.29 is 23.4 Å². The van der Waals surface area contributed by atoms with E-state index in [2.05, 4.69) is 15.9 Å². The first kappa shape index (κ1) is 21.0. The molecule has 5 nitrogen and oxygen atoms in total. The molecule has 3 rings (SSSR count). The minimum atomic E-state index is -0.470. The number of benzene rings is 2. The van der Waals surface area contributed by atoms with Gasteiger partial charge in [0.2, 0.25) is 0 Å². The molecule has 8 heteroatoms. The highest BCUT2D eigenvalue weighted by molar-refractivity contribution is 9.10. The standard InChI is InChI=1S/C20H17BrCl2O5/c1-11-19(20(24)26-6-5-25-2)14-8-18(15(21)9-17(14)28-11)27-10-12-3-4-13(22)7-16(12)23/h3-4,7-9H,5-6,10H2,1-2H3. The zero-order chi connectivity index (χ0) is 20.3. The number of rotatable bonds is 7. The normalized spacial score (nSPS) is 11.0. The number of carbonyl (C=O) groups excluding carboxylic acids is 1. The lowest BCUT2D eigenvalue weighted by atomic mass is 10.1. The number of hydrogen-bond donors (Lipinski definition) is 0. The zero-order valence-corrected chi connectivity index (χ0v) is 18.3. The molecule has 0 amide bonds. The Hall–Kier alpha value is -1.73. The van der Waals surface area contributed by atoms with Crippen LogP contribution in [0.3, 0.4) is 0 Å². The SMILES string of the molecule is COCCOC(=O)c1c(C)oc2cc(Br)c(OCc3ccc(Cl)cc3Cl)cc12. The van der Waals surface area contributed by atoms with Crippen LogP contribution in [0.25, 0.3) is 11.0 Å². The fourth-order valence-corrected chi connectivity index (χ4v) is 3.57. The Morgan fingerprint density at radius 1 is 1.18 bits per heavy atom. The molecule has 1 aromatic heterocycles. The van der Waals surface area contributed by atoms with Gasteiger partial charge in [-0.1, -0.05) is 29.3 Å². The number of hydrogen-bond acceptors (Lipinski definition) is 5. The molecule has 0 N–H and O–H groups in total. The summed E-state index contributed by atoms with van der Waals surface area (Å²) in [7, 11) is 1.54. The van der Waals surface area contributed by atoms with E-state index >= 15 is 0 Å². The maximum atomic E-state index is 12.4. The van der Waals surface area contributed by atoms with E-state index in [-0.39, 0.29) is 13.2 Å². The minimum absolute atomic E-state index is 0.163. The van der Waals surface area contributed by atoms with Gasteiger partial charge in [0.15, 0.2) is 0 Å². The van der Waals surface area contributed by atoms with Gasteiger partial charge in [-0.15, -0.1) is 0 Å². The molecule has 0 atom stereocenters. The van der Waals surface area contributed by atoms with Gasteiger partial charge >= 0.3 is 5.97 Å². The first-order valence-electron chi connectivity index (χ1n) is 8.36. The lowest BCUT2D eigenvalue weighted by Gasteiger charge is -2.10. The lowest BCUT2D eigenvalue weighted by molar-refractivity contribution is 0.0388. The topological polar surface area (TPSA) is 57.9 Å². The van der Waals surface area contributed by atoms with Crippen LogP contribution in [0.15, 0.2) is 39.2 Å². The number of carbonyl (C=O) groups is 1. The summed E-state index contributed by atoms with van der Waals surface area (Å²) >= 11 is 15.6. The van der Waals surface area contributed by atoms with E-state index in [4.69, 9.17) is 41.8 Å². The molecule has 0 spiro atoms. The second kappa shape index (κ2) is 9.18. The number of esters is 1. The van der Waals surface area contributed by atoms with E-state index < -0.39 is 5.97 Å². The van der Waals surface area contributed by atoms with Crippen molar-refractivity contribution in [3.63, 3.8) is 0 Å². The molecular weight excluding hydrogens is 471 g/mol. The number of furan rings is 1. The molecule has 148 valence electrons. The highest BCUT2D eigenvalue weighted by Crippen LogP contribution is 2.36. The lowest BCUT2D eigenvalue weighted by Crippen LogP contribution is -2.10. The van der Waals surface area contributed by atoms with E-state index in [9.17, 15) is 4.79 Å². The maximum Gasteiger partial charge on any atom is 0.342 e. The predicted molar refractivity (Wildman–Crippen MR) is 112 cm³/mol. The van der Waals surface area contributed by atoms with Crippen LogP contribution >= 0.6 is 39.1 Å². The highest BCUT2D eigenvalue weighted by atomic mass is 79.9. The van der Waals surface area contributed by atoms with Crippen molar-refractivity contribution in [2.45, 2.75) is 13.5 Å². The first-order chi connectivity index (χ1) is 13.4. The van der Waals surface area contributed by atoms with E-state index in [1.165, 1.54) is 0 Å². The molecule has 0 aliphatic heterocycles. The summed E-state index contributed by atoms with van der Waals surface area (Å²) in [4.78, 5) is 12.4. The third-order valence-corrected chi connectivity index (χ3v) is 5.25. The number of fused-ring (bicyclic) bond motifs is 1. The van der Waals surface area contributed by atoms with E-state index in [0.29, 0.717) is 49.2 Å². The highest BCUT2D eigenvalue weighted by Gasteiger charge is 2.21. The molecule has 2 aromatic carbocycles. The van der Waals surface area contributed by atoms with Crippen LogP contribution in [0, 0.1) is 6.92 Å². The van der Waals surface area contributed by atoms with Crippen LogP contribution < -0.4 is 4.74 Å². The van der Waals surface area contributed by atoms with Crippen molar-refractivity contribution in [1.82, 2.24) is 0 Å². The van der Waals surface area contributed by atoms with Crippen LogP contribution in [0.5, 0.6) is 5.75 Å². The Morgan fingerprint density at radius 3 is 2.68 bits per heavy atom. The van der Waals surface area contributed by atoms with Gasteiger partial charge in [0.05, 0.1) is 11.1 Å². The van der Waals surface area contributed by atoms with Gasteiger partial charge in [0.1, 0.15) is 35.9 Å². The Balaban J connectivity index is 1.88. The summed E-state index contributed by atoms with van der Waals surface area (Å²) in [5, 5.41) is 1.69. The van der Waals surface area contributed by atoms with Crippen molar-refractivity contribution in [2.75, 3.05) is 20.3 Å². The summed E-state index contributed by atoms with van der Waals surface area (Å²) in [6.07, 6.45) is 0. The first-order valence-corrected chi connectivity index (χ1v) is 9.91. The Labute approximate surface area is 180 Å². The van der Waals surface area contributed by atoms with Gasteiger partial charge < -0.3 is 18.6 Å². The molecule has 0 fully saturated rings. The zero-order valence-electron chi connectivity index (χ0n) is 15.2. The molecule has 0 bridgehead atoms. The van der Waals surface area contributed by atoms with Crippen LogP contribution in [0.2, 0.25) is 10.0 Å². The van der Waals surface area contributed by atoms with Crippen LogP contribution in [-0.4, -0.2) is 26.3 Å². The van der Waals surface area contributed by atoms with Crippen molar-refractivity contribution >= 4 is 56.1 Å². The molecule has 1 heterocycles. The third-order valence-electron chi connectivity index (χ3n) is 4.04. The number of halogens is 3. The second-order valence-corrected chi connectivity index (χ2v) is 7.66. The molecule has 0 saturated heterocycles. The molecular formula is C20H17BrCl2O5. The molecule has 0 aliphatic rings. The van der Waals surface area contributed by atoms with E-state index in [1.807, 2.05) is 0 Å². The van der Waals surface area contributed by atoms with E-state index in [1.54, 1.807) is 44.4 Å². The smallest absolute Gasteiger partial charge is 0.342 e. The summed E-state index contributed by atoms with van der Waals surface area (Å²) < 4.78 is 22.4. The van der Waals surface area contributed by atoms with Gasteiger partial charge in [0.25, 0.3) is 0 Å². The largest absolute Gasteiger partial charge is 0.488 e. The van der Waals surface area contributed by atoms with E-state index in [0.717, 1.165) is 5.56 Å². The van der Waals surface area contributed by atoms with Gasteiger partial charge in [-0.2, -0.15) is 0 Å². The van der Waals surface area contributed by atoms with Gasteiger partial charge in [-0.25, -0.2) is 4.79 Å². The maximum absolute atomic E-state index is 12.4. The van der Waals surface area contributed by atoms with Crippen molar-refractivity contribution in [2.24, 2.45) is 0 Å². The quantitative estimate of drug-likeness (QED) is 0.293. The molecule has 0 aliphatic carbocycles. The molecule has 28 heavy (non-hydrogen) atoms. The monoisotopic (exact) mass is 486 g/mol. The Bertz CT molecular complexity index is 1020. The fraction of sp³-hybridized carbons (Fsp3) is 0.250. The van der Waals surface area contributed by atoms with Crippen LogP contribution in [0.1, 0.15) is 21.7 Å². The van der Waals surface area contributed by atoms with Crippen LogP contribution in [-0.2, 0) is 16.1 Å². The molecule has 0 radical (unpaired) electrons. The van der Waals surface area contributed by atoms with Gasteiger partial charge in [-0.3, -0.25) is 0 Å². The Kier molecular flexibility index (Phi) is 6.88. The minimum Gasteiger partial charge on any atom is -0.488 e. The summed E-state index contributed by atoms with van der Waals surface area (Å²) in [6, 6.07) is 8.71. The molecule has 3 aromatic rings. The fourth-order valence-electron chi connectivity index (χ4n) is 2.67. The average molecular weight is 488 g/mol. The van der Waals surface area contributed by atoms with Crippen LogP contribution in [0.4, 0.5) is 0 Å². The van der Waals surface area contributed by atoms with Gasteiger partial charge in [0, 0.05) is 28.1 Å². The average Bonchev–Trinajstić information content (AvgIpc) is 2.95. The van der Waals surface area contributed by atoms with Crippen molar-refractivity contribution in [3.05, 3.63) is 61.7 Å². The number of aryl methyl sites for hydroxylation is 1. The summed E-state index contributed by atoms with van der Waals surface area (Å²) in [5.74, 6) is 0.551. The summed E-state index contributed by atoms with van der Waals surface area (Å²) in [6.45, 7) is 2.44. The number of methoxy groups -OCH3 is 1. The second-order valence-electron chi connectivity index (χ2n) is 5.97. The molecule has 0 saturated carbocycles. The van der Waals surface area contributed by atoms with Crippen molar-refractivity contribution in [3.8, 4) is 5.75 Å². The predicted octanol–water partition coefficient (Wildman–Crippen LogP) is 6.19. The van der Waals surface area contributed by atoms with Gasteiger partial charge in [-0.05, 0) is 47.1 Å². The number of ether oxygens (including phenoxy) is 3. The molecule has 0 unspecified atom stereocenters. The summed E-state index contributed by atoms with van der Waals surface area (Å²) in [5.41, 5.74) is 1.72. The Morgan fingerprint density at radius 2 is 1.96 bits per heavy atom. The van der Waals surface area contributed by atoms with Crippen molar-refractivity contribution in [1.29, 1.82) is 0 Å².